The zero-order chi connectivity index (χ0) is 19.2. The summed E-state index contributed by atoms with van der Waals surface area (Å²) in [6, 6.07) is 10.6. The average Bonchev–Trinajstić information content (AvgIpc) is 2.60. The van der Waals surface area contributed by atoms with Gasteiger partial charge >= 0.3 is 5.97 Å². The Balaban J connectivity index is 1.77. The van der Waals surface area contributed by atoms with Crippen molar-refractivity contribution < 1.29 is 27.1 Å². The number of ether oxygens (including phenoxy) is 2. The summed E-state index contributed by atoms with van der Waals surface area (Å²) in [7, 11) is -3.81. The second-order valence-corrected chi connectivity index (χ2v) is 7.34. The minimum Gasteiger partial charge on any atom is -0.487 e. The maximum absolute atomic E-state index is 13.3. The SMILES string of the molecule is Cc1ccc(S(=O)(=O)NCC(=O)OCCOc2ccccc2F)cc1C. The first-order valence-electron chi connectivity index (χ1n) is 7.89. The van der Waals surface area contributed by atoms with Gasteiger partial charge < -0.3 is 9.47 Å². The number of sulfonamides is 1. The van der Waals surface area contributed by atoms with E-state index in [0.29, 0.717) is 0 Å². The predicted octanol–water partition coefficient (Wildman–Crippen LogP) is 2.34. The van der Waals surface area contributed by atoms with Crippen LogP contribution in [0.25, 0.3) is 0 Å². The van der Waals surface area contributed by atoms with Gasteiger partial charge in [-0.1, -0.05) is 18.2 Å². The molecule has 0 amide bonds. The lowest BCUT2D eigenvalue weighted by molar-refractivity contribution is -0.142. The second-order valence-electron chi connectivity index (χ2n) is 5.57. The van der Waals surface area contributed by atoms with Gasteiger partial charge in [0.05, 0.1) is 4.90 Å². The normalized spacial score (nSPS) is 11.2. The monoisotopic (exact) mass is 381 g/mol. The van der Waals surface area contributed by atoms with E-state index in [4.69, 9.17) is 9.47 Å². The van der Waals surface area contributed by atoms with Crippen molar-refractivity contribution in [2.24, 2.45) is 0 Å². The van der Waals surface area contributed by atoms with Gasteiger partial charge in [0.2, 0.25) is 10.0 Å². The van der Waals surface area contributed by atoms with E-state index in [0.717, 1.165) is 11.1 Å². The molecule has 1 N–H and O–H groups in total. The first kappa shape index (κ1) is 19.9. The minimum absolute atomic E-state index is 0.0451. The Morgan fingerprint density at radius 3 is 2.50 bits per heavy atom. The van der Waals surface area contributed by atoms with Gasteiger partial charge in [0.25, 0.3) is 0 Å². The van der Waals surface area contributed by atoms with Gasteiger partial charge in [0.1, 0.15) is 19.8 Å². The molecular formula is C18H20FNO5S. The van der Waals surface area contributed by atoms with Gasteiger partial charge in [0, 0.05) is 0 Å². The lowest BCUT2D eigenvalue weighted by Gasteiger charge is -2.10. The number of rotatable bonds is 8. The maximum atomic E-state index is 13.3. The van der Waals surface area contributed by atoms with Crippen LogP contribution in [-0.2, 0) is 19.6 Å². The molecule has 0 aromatic heterocycles. The van der Waals surface area contributed by atoms with Crippen molar-refractivity contribution in [3.63, 3.8) is 0 Å². The molecule has 0 aliphatic heterocycles. The van der Waals surface area contributed by atoms with E-state index in [1.165, 1.54) is 30.3 Å². The number of halogens is 1. The third-order valence-electron chi connectivity index (χ3n) is 3.64. The molecule has 0 fully saturated rings. The molecule has 2 aromatic carbocycles. The maximum Gasteiger partial charge on any atom is 0.321 e. The van der Waals surface area contributed by atoms with E-state index in [9.17, 15) is 17.6 Å². The number of carbonyl (C=O) groups is 1. The topological polar surface area (TPSA) is 81.7 Å². The minimum atomic E-state index is -3.81. The molecule has 0 bridgehead atoms. The van der Waals surface area contributed by atoms with Gasteiger partial charge in [-0.2, -0.15) is 4.72 Å². The number of nitrogens with one attached hydrogen (secondary N) is 1. The Kier molecular flexibility index (Phi) is 6.70. The van der Waals surface area contributed by atoms with Crippen molar-refractivity contribution in [2.45, 2.75) is 18.7 Å². The van der Waals surface area contributed by atoms with Gasteiger partial charge in [0.15, 0.2) is 11.6 Å². The van der Waals surface area contributed by atoms with Crippen molar-refractivity contribution >= 4 is 16.0 Å². The fourth-order valence-electron chi connectivity index (χ4n) is 2.04. The summed E-state index contributed by atoms with van der Waals surface area (Å²) in [6.45, 7) is 3.00. The van der Waals surface area contributed by atoms with Crippen molar-refractivity contribution in [1.29, 1.82) is 0 Å². The smallest absolute Gasteiger partial charge is 0.321 e. The highest BCUT2D eigenvalue weighted by atomic mass is 32.2. The van der Waals surface area contributed by atoms with Gasteiger partial charge in [-0.05, 0) is 49.2 Å². The average molecular weight is 381 g/mol. The summed E-state index contributed by atoms with van der Waals surface area (Å²) in [5.41, 5.74) is 1.80. The highest BCUT2D eigenvalue weighted by Gasteiger charge is 2.16. The van der Waals surface area contributed by atoms with Crippen molar-refractivity contribution in [3.05, 3.63) is 59.4 Å². The number of benzene rings is 2. The lowest BCUT2D eigenvalue weighted by Crippen LogP contribution is -2.31. The highest BCUT2D eigenvalue weighted by molar-refractivity contribution is 7.89. The summed E-state index contributed by atoms with van der Waals surface area (Å²) < 4.78 is 49.9. The molecule has 2 rings (SSSR count). The molecular weight excluding hydrogens is 361 g/mol. The van der Waals surface area contributed by atoms with Crippen molar-refractivity contribution in [1.82, 2.24) is 4.72 Å². The number of carbonyl (C=O) groups excluding carboxylic acids is 1. The predicted molar refractivity (Wildman–Crippen MR) is 94.0 cm³/mol. The quantitative estimate of drug-likeness (QED) is 0.561. The van der Waals surface area contributed by atoms with Crippen molar-refractivity contribution in [3.8, 4) is 5.75 Å². The molecule has 8 heteroatoms. The fourth-order valence-corrected chi connectivity index (χ4v) is 3.09. The largest absolute Gasteiger partial charge is 0.487 e. The van der Waals surface area contributed by atoms with Gasteiger partial charge in [-0.25, -0.2) is 12.8 Å². The third kappa shape index (κ3) is 5.53. The Hall–Kier alpha value is -2.45. The standard InChI is InChI=1S/C18H20FNO5S/c1-13-7-8-15(11-14(13)2)26(22,23)20-12-18(21)25-10-9-24-17-6-4-3-5-16(17)19/h3-8,11,20H,9-10,12H2,1-2H3. The van der Waals surface area contributed by atoms with E-state index in [1.54, 1.807) is 19.1 Å². The molecule has 0 saturated heterocycles. The summed E-state index contributed by atoms with van der Waals surface area (Å²) in [5, 5.41) is 0. The van der Waals surface area contributed by atoms with E-state index >= 15 is 0 Å². The van der Waals surface area contributed by atoms with Crippen LogP contribution >= 0.6 is 0 Å². The Morgan fingerprint density at radius 2 is 1.81 bits per heavy atom. The zero-order valence-electron chi connectivity index (χ0n) is 14.5. The van der Waals surface area contributed by atoms with E-state index in [2.05, 4.69) is 4.72 Å². The number of aryl methyl sites for hydroxylation is 2. The summed E-state index contributed by atoms with van der Waals surface area (Å²) >= 11 is 0. The summed E-state index contributed by atoms with van der Waals surface area (Å²) in [4.78, 5) is 11.7. The third-order valence-corrected chi connectivity index (χ3v) is 5.03. The summed E-state index contributed by atoms with van der Waals surface area (Å²) in [5.74, 6) is -1.21. The molecule has 0 unspecified atom stereocenters. The van der Waals surface area contributed by atoms with Crippen LogP contribution in [0.3, 0.4) is 0 Å². The Labute approximate surface area is 152 Å². The van der Waals surface area contributed by atoms with E-state index in [1.807, 2.05) is 6.92 Å². The molecule has 0 saturated carbocycles. The highest BCUT2D eigenvalue weighted by Crippen LogP contribution is 2.15. The molecule has 0 heterocycles. The van der Waals surface area contributed by atoms with Crippen molar-refractivity contribution in [2.75, 3.05) is 19.8 Å². The number of hydrogen-bond donors (Lipinski definition) is 1. The molecule has 0 radical (unpaired) electrons. The first-order chi connectivity index (χ1) is 12.3. The van der Waals surface area contributed by atoms with Gasteiger partial charge in [-0.3, -0.25) is 4.79 Å². The van der Waals surface area contributed by atoms with Crippen LogP contribution in [0.4, 0.5) is 4.39 Å². The van der Waals surface area contributed by atoms with Crippen LogP contribution < -0.4 is 9.46 Å². The molecule has 2 aromatic rings. The van der Waals surface area contributed by atoms with Crippen LogP contribution in [0.1, 0.15) is 11.1 Å². The number of esters is 1. The van der Waals surface area contributed by atoms with Crippen LogP contribution in [0.5, 0.6) is 5.75 Å². The number of hydrogen-bond acceptors (Lipinski definition) is 5. The van der Waals surface area contributed by atoms with Crippen LogP contribution in [-0.4, -0.2) is 34.1 Å². The van der Waals surface area contributed by atoms with E-state index in [-0.39, 0.29) is 23.9 Å². The molecule has 6 nitrogen and oxygen atoms in total. The molecule has 0 atom stereocenters. The first-order valence-corrected chi connectivity index (χ1v) is 9.38. The van der Waals surface area contributed by atoms with Crippen LogP contribution in [0.15, 0.2) is 47.4 Å². The molecule has 0 aliphatic rings. The Bertz CT molecular complexity index is 883. The fraction of sp³-hybridized carbons (Fsp3) is 0.278. The zero-order valence-corrected chi connectivity index (χ0v) is 15.3. The van der Waals surface area contributed by atoms with E-state index < -0.39 is 28.4 Å². The van der Waals surface area contributed by atoms with Gasteiger partial charge in [-0.15, -0.1) is 0 Å². The lowest BCUT2D eigenvalue weighted by atomic mass is 10.1. The number of para-hydroxylation sites is 1. The summed E-state index contributed by atoms with van der Waals surface area (Å²) in [6.07, 6.45) is 0. The van der Waals surface area contributed by atoms with Crippen LogP contribution in [0.2, 0.25) is 0 Å². The molecule has 26 heavy (non-hydrogen) atoms. The van der Waals surface area contributed by atoms with Crippen LogP contribution in [0, 0.1) is 19.7 Å². The molecule has 0 spiro atoms. The Morgan fingerprint density at radius 1 is 1.08 bits per heavy atom. The second kappa shape index (κ2) is 8.77. The molecule has 0 aliphatic carbocycles. The molecule has 140 valence electrons.